The molecule has 0 bridgehead atoms. The Bertz CT molecular complexity index is 740. The van der Waals surface area contributed by atoms with Gasteiger partial charge in [-0.25, -0.2) is 0 Å². The lowest BCUT2D eigenvalue weighted by Gasteiger charge is -2.03. The van der Waals surface area contributed by atoms with E-state index in [4.69, 9.17) is 5.73 Å². The number of aromatic nitrogens is 4. The van der Waals surface area contributed by atoms with E-state index < -0.39 is 0 Å². The third kappa shape index (κ3) is 1.46. The Kier molecular flexibility index (Phi) is 2.16. The Balaban J connectivity index is 2.18. The van der Waals surface area contributed by atoms with Crippen molar-refractivity contribution in [2.75, 3.05) is 5.73 Å². The second-order valence-electron chi connectivity index (χ2n) is 4.06. The molecule has 3 N–H and O–H groups in total. The molecule has 0 atom stereocenters. The Labute approximate surface area is 102 Å². The molecule has 6 nitrogen and oxygen atoms in total. The minimum Gasteiger partial charge on any atom is -0.383 e. The van der Waals surface area contributed by atoms with E-state index >= 15 is 0 Å². The zero-order valence-corrected chi connectivity index (χ0v) is 9.71. The first-order chi connectivity index (χ1) is 8.66. The number of aryl methyl sites for hydroxylation is 1. The quantitative estimate of drug-likeness (QED) is 0.672. The summed E-state index contributed by atoms with van der Waals surface area (Å²) in [7, 11) is 0. The van der Waals surface area contributed by atoms with E-state index in [-0.39, 0.29) is 5.91 Å². The fourth-order valence-electron chi connectivity index (χ4n) is 1.95. The molecule has 0 fully saturated rings. The normalized spacial score (nSPS) is 10.9. The highest BCUT2D eigenvalue weighted by Gasteiger charge is 2.16. The lowest BCUT2D eigenvalue weighted by molar-refractivity contribution is 0.0949. The summed E-state index contributed by atoms with van der Waals surface area (Å²) in [6, 6.07) is 7.04. The second-order valence-corrected chi connectivity index (χ2v) is 4.06. The van der Waals surface area contributed by atoms with Gasteiger partial charge in [0.05, 0.1) is 23.0 Å². The topological polar surface area (TPSA) is 89.6 Å². The molecule has 0 spiro atoms. The number of hydrogen-bond donors (Lipinski definition) is 2. The first kappa shape index (κ1) is 10.5. The fourth-order valence-corrected chi connectivity index (χ4v) is 1.95. The smallest absolute Gasteiger partial charge is 0.280 e. The number of aromatic amines is 1. The van der Waals surface area contributed by atoms with Crippen LogP contribution in [0, 0.1) is 6.92 Å². The van der Waals surface area contributed by atoms with Crippen LogP contribution in [-0.2, 0) is 0 Å². The van der Waals surface area contributed by atoms with Crippen molar-refractivity contribution in [2.45, 2.75) is 6.92 Å². The van der Waals surface area contributed by atoms with Crippen molar-refractivity contribution in [2.24, 2.45) is 0 Å². The van der Waals surface area contributed by atoms with Crippen LogP contribution in [0.2, 0.25) is 0 Å². The summed E-state index contributed by atoms with van der Waals surface area (Å²) in [5.74, 6) is 0.0746. The number of carbonyl (C=O) groups excluding carboxylic acids is 1. The average molecular weight is 241 g/mol. The van der Waals surface area contributed by atoms with Crippen molar-refractivity contribution < 1.29 is 4.79 Å². The summed E-state index contributed by atoms with van der Waals surface area (Å²) >= 11 is 0. The minimum absolute atomic E-state index is 0.257. The number of fused-ring (bicyclic) bond motifs is 1. The molecule has 0 unspecified atom stereocenters. The standard InChI is InChI=1S/C12H11N5O/c1-7-5-11(13)17(16-7)12(18)8-3-2-4-10-9(8)6-14-15-10/h2-6H,13H2,1H3,(H,14,15). The van der Waals surface area contributed by atoms with E-state index in [0.717, 1.165) is 10.9 Å². The van der Waals surface area contributed by atoms with Gasteiger partial charge in [-0.3, -0.25) is 9.89 Å². The van der Waals surface area contributed by atoms with Crippen LogP contribution in [0.1, 0.15) is 16.1 Å². The van der Waals surface area contributed by atoms with E-state index in [1.54, 1.807) is 31.3 Å². The van der Waals surface area contributed by atoms with E-state index in [1.807, 2.05) is 6.07 Å². The number of H-pyrrole nitrogens is 1. The number of nitrogen functional groups attached to an aromatic ring is 1. The highest BCUT2D eigenvalue weighted by atomic mass is 16.2. The molecule has 6 heteroatoms. The van der Waals surface area contributed by atoms with Crippen molar-refractivity contribution >= 4 is 22.6 Å². The summed E-state index contributed by atoms with van der Waals surface area (Å²) in [5.41, 5.74) is 7.80. The second kappa shape index (κ2) is 3.69. The zero-order valence-electron chi connectivity index (χ0n) is 9.71. The Morgan fingerprint density at radius 1 is 1.44 bits per heavy atom. The number of rotatable bonds is 1. The van der Waals surface area contributed by atoms with Gasteiger partial charge in [0.1, 0.15) is 5.82 Å². The molecule has 1 aromatic carbocycles. The molecule has 18 heavy (non-hydrogen) atoms. The molecule has 0 aliphatic carbocycles. The van der Waals surface area contributed by atoms with Gasteiger partial charge >= 0.3 is 0 Å². The van der Waals surface area contributed by atoms with Crippen LogP contribution in [0.5, 0.6) is 0 Å². The van der Waals surface area contributed by atoms with E-state index in [2.05, 4.69) is 15.3 Å². The summed E-state index contributed by atoms with van der Waals surface area (Å²) in [5, 5.41) is 11.6. The maximum atomic E-state index is 12.4. The third-order valence-corrected chi connectivity index (χ3v) is 2.77. The van der Waals surface area contributed by atoms with Crippen molar-refractivity contribution in [3.63, 3.8) is 0 Å². The number of carbonyl (C=O) groups is 1. The van der Waals surface area contributed by atoms with Gasteiger partial charge < -0.3 is 5.73 Å². The number of nitrogens with zero attached hydrogens (tertiary/aromatic N) is 3. The molecule has 3 rings (SSSR count). The summed E-state index contributed by atoms with van der Waals surface area (Å²) < 4.78 is 1.21. The monoisotopic (exact) mass is 241 g/mol. The molecule has 2 heterocycles. The van der Waals surface area contributed by atoms with Gasteiger partial charge in [-0.15, -0.1) is 0 Å². The zero-order chi connectivity index (χ0) is 12.7. The maximum Gasteiger partial charge on any atom is 0.280 e. The maximum absolute atomic E-state index is 12.4. The molecule has 2 aromatic heterocycles. The summed E-state index contributed by atoms with van der Waals surface area (Å²) in [4.78, 5) is 12.4. The van der Waals surface area contributed by atoms with E-state index in [1.165, 1.54) is 4.68 Å². The van der Waals surface area contributed by atoms with Gasteiger partial charge in [0, 0.05) is 11.5 Å². The molecule has 0 aliphatic rings. The molecular formula is C12H11N5O. The van der Waals surface area contributed by atoms with Crippen LogP contribution in [-0.4, -0.2) is 25.9 Å². The number of hydrogen-bond acceptors (Lipinski definition) is 4. The molecule has 0 saturated carbocycles. The number of nitrogens with two attached hydrogens (primary N) is 1. The summed E-state index contributed by atoms with van der Waals surface area (Å²) in [6.45, 7) is 1.79. The summed E-state index contributed by atoms with van der Waals surface area (Å²) in [6.07, 6.45) is 1.62. The number of benzene rings is 1. The lowest BCUT2D eigenvalue weighted by Crippen LogP contribution is -2.16. The van der Waals surface area contributed by atoms with Crippen molar-refractivity contribution in [1.29, 1.82) is 0 Å². The van der Waals surface area contributed by atoms with Gasteiger partial charge in [-0.1, -0.05) is 6.07 Å². The predicted molar refractivity (Wildman–Crippen MR) is 67.2 cm³/mol. The van der Waals surface area contributed by atoms with Crippen molar-refractivity contribution in [3.05, 3.63) is 41.7 Å². The molecule has 3 aromatic rings. The number of nitrogens with one attached hydrogen (secondary N) is 1. The number of anilines is 1. The van der Waals surface area contributed by atoms with Crippen LogP contribution in [0.4, 0.5) is 5.82 Å². The molecule has 0 saturated heterocycles. The van der Waals surface area contributed by atoms with Gasteiger partial charge in [0.2, 0.25) is 0 Å². The van der Waals surface area contributed by atoms with Crippen molar-refractivity contribution in [1.82, 2.24) is 20.0 Å². The van der Waals surface area contributed by atoms with Crippen LogP contribution in [0.3, 0.4) is 0 Å². The van der Waals surface area contributed by atoms with E-state index in [0.29, 0.717) is 17.1 Å². The molecule has 0 radical (unpaired) electrons. The highest BCUT2D eigenvalue weighted by Crippen LogP contribution is 2.18. The lowest BCUT2D eigenvalue weighted by atomic mass is 10.1. The first-order valence-electron chi connectivity index (χ1n) is 5.46. The minimum atomic E-state index is -0.257. The molecule has 0 aliphatic heterocycles. The molecule has 90 valence electrons. The van der Waals surface area contributed by atoms with Crippen LogP contribution in [0.25, 0.3) is 10.9 Å². The first-order valence-corrected chi connectivity index (χ1v) is 5.46. The fraction of sp³-hybridized carbons (Fsp3) is 0.0833. The van der Waals surface area contributed by atoms with Gasteiger partial charge in [-0.05, 0) is 19.1 Å². The Morgan fingerprint density at radius 2 is 2.28 bits per heavy atom. The van der Waals surface area contributed by atoms with Crippen molar-refractivity contribution in [3.8, 4) is 0 Å². The van der Waals surface area contributed by atoms with E-state index in [9.17, 15) is 4.79 Å². The van der Waals surface area contributed by atoms with Crippen LogP contribution >= 0.6 is 0 Å². The molecular weight excluding hydrogens is 230 g/mol. The van der Waals surface area contributed by atoms with Gasteiger partial charge in [0.15, 0.2) is 0 Å². The van der Waals surface area contributed by atoms with Crippen LogP contribution < -0.4 is 5.73 Å². The SMILES string of the molecule is Cc1cc(N)n(C(=O)c2cccc3[nH]ncc23)n1. The average Bonchev–Trinajstić information content (AvgIpc) is 2.94. The van der Waals surface area contributed by atoms with Gasteiger partial charge in [0.25, 0.3) is 5.91 Å². The third-order valence-electron chi connectivity index (χ3n) is 2.77. The van der Waals surface area contributed by atoms with Crippen LogP contribution in [0.15, 0.2) is 30.5 Å². The largest absolute Gasteiger partial charge is 0.383 e. The highest BCUT2D eigenvalue weighted by molar-refractivity contribution is 6.07. The predicted octanol–water partition coefficient (Wildman–Crippen LogP) is 1.34. The Morgan fingerprint density at radius 3 is 3.00 bits per heavy atom. The Hall–Kier alpha value is -2.63. The van der Waals surface area contributed by atoms with Gasteiger partial charge in [-0.2, -0.15) is 14.9 Å². The molecule has 0 amide bonds.